The maximum atomic E-state index is 13.3. The quantitative estimate of drug-likeness (QED) is 0.788. The molecule has 2 aromatic heterocycles. The summed E-state index contributed by atoms with van der Waals surface area (Å²) in [5.41, 5.74) is 6.55. The summed E-state index contributed by atoms with van der Waals surface area (Å²) in [4.78, 5) is 6.33. The Morgan fingerprint density at radius 2 is 1.81 bits per heavy atom. The summed E-state index contributed by atoms with van der Waals surface area (Å²) in [6.45, 7) is 7.75. The number of halogens is 3. The fourth-order valence-electron chi connectivity index (χ4n) is 5.55. The fraction of sp³-hybridized carbons (Fsp3) is 0.636. The third-order valence-corrected chi connectivity index (χ3v) is 7.10. The number of alkyl halides is 3. The Balaban J connectivity index is 1.39. The van der Waals surface area contributed by atoms with E-state index in [4.69, 9.17) is 10.5 Å². The van der Waals surface area contributed by atoms with E-state index in [1.165, 1.54) is 19.0 Å². The van der Waals surface area contributed by atoms with Gasteiger partial charge in [-0.15, -0.1) is 0 Å². The molecule has 3 heterocycles. The van der Waals surface area contributed by atoms with E-state index in [9.17, 15) is 13.2 Å². The number of morpholine rings is 1. The largest absolute Gasteiger partial charge is 0.419 e. The molecule has 0 radical (unpaired) electrons. The van der Waals surface area contributed by atoms with Gasteiger partial charge in [-0.25, -0.2) is 4.98 Å². The Bertz CT molecular complexity index is 955. The SMILES string of the molecule is CC(C)n1nc(-c2cnc(N)c(C(F)(F)F)c2)cc1[C@H]1[C@@H]2CC(N3CCOCC3)C[C@@H]21. The van der Waals surface area contributed by atoms with Crippen molar-refractivity contribution in [3.63, 3.8) is 0 Å². The molecular weight excluding hydrogens is 407 g/mol. The zero-order valence-corrected chi connectivity index (χ0v) is 17.8. The number of nitrogen functional groups attached to an aromatic ring is 1. The van der Waals surface area contributed by atoms with Crippen LogP contribution in [-0.4, -0.2) is 52.0 Å². The molecule has 1 saturated heterocycles. The number of pyridine rings is 1. The molecule has 31 heavy (non-hydrogen) atoms. The van der Waals surface area contributed by atoms with Gasteiger partial charge in [-0.1, -0.05) is 0 Å². The summed E-state index contributed by atoms with van der Waals surface area (Å²) in [5.74, 6) is 1.19. The lowest BCUT2D eigenvalue weighted by atomic mass is 10.0. The number of rotatable bonds is 4. The Hall–Kier alpha value is -2.13. The smallest absolute Gasteiger partial charge is 0.383 e. The molecule has 0 spiro atoms. The molecular formula is C22H28F3N5O. The number of nitrogens with two attached hydrogens (primary N) is 1. The van der Waals surface area contributed by atoms with Crippen LogP contribution in [0.1, 0.15) is 49.9 Å². The van der Waals surface area contributed by atoms with E-state index in [0.717, 1.165) is 38.1 Å². The predicted molar refractivity (Wildman–Crippen MR) is 110 cm³/mol. The lowest BCUT2D eigenvalue weighted by Crippen LogP contribution is -2.43. The zero-order chi connectivity index (χ0) is 21.9. The monoisotopic (exact) mass is 435 g/mol. The molecule has 168 valence electrons. The van der Waals surface area contributed by atoms with Crippen molar-refractivity contribution < 1.29 is 17.9 Å². The topological polar surface area (TPSA) is 69.2 Å². The maximum Gasteiger partial charge on any atom is 0.419 e. The van der Waals surface area contributed by atoms with Gasteiger partial charge in [0.15, 0.2) is 0 Å². The van der Waals surface area contributed by atoms with Crippen molar-refractivity contribution in [3.8, 4) is 11.3 Å². The van der Waals surface area contributed by atoms with Crippen molar-refractivity contribution in [2.75, 3.05) is 32.0 Å². The molecule has 1 unspecified atom stereocenters. The van der Waals surface area contributed by atoms with Crippen LogP contribution in [0.2, 0.25) is 0 Å². The standard InChI is InChI=1S/C22H28F3N5O/c1-12(2)30-19(20-15-8-14(9-16(15)20)29-3-5-31-6-4-29)10-18(28-30)13-7-17(22(23,24)25)21(26)27-11-13/h7,10-12,14-16,20H,3-6,8-9H2,1-2H3,(H2,26,27)/t14?,15-,16+,20+. The second kappa shape index (κ2) is 7.48. The number of anilines is 1. The van der Waals surface area contributed by atoms with Gasteiger partial charge >= 0.3 is 6.18 Å². The van der Waals surface area contributed by atoms with Gasteiger partial charge < -0.3 is 10.5 Å². The van der Waals surface area contributed by atoms with E-state index >= 15 is 0 Å². The first-order valence-electron chi connectivity index (χ1n) is 11.0. The molecule has 3 fully saturated rings. The number of hydrogen-bond acceptors (Lipinski definition) is 5. The van der Waals surface area contributed by atoms with Crippen molar-refractivity contribution in [3.05, 3.63) is 29.6 Å². The number of ether oxygens (including phenoxy) is 1. The molecule has 0 aromatic carbocycles. The van der Waals surface area contributed by atoms with Crippen LogP contribution in [0.25, 0.3) is 11.3 Å². The van der Waals surface area contributed by atoms with Gasteiger partial charge in [-0.3, -0.25) is 9.58 Å². The zero-order valence-electron chi connectivity index (χ0n) is 17.8. The molecule has 3 aliphatic rings. The van der Waals surface area contributed by atoms with E-state index in [-0.39, 0.29) is 6.04 Å². The second-order valence-electron chi connectivity index (χ2n) is 9.27. The number of fused-ring (bicyclic) bond motifs is 1. The fourth-order valence-corrected chi connectivity index (χ4v) is 5.55. The summed E-state index contributed by atoms with van der Waals surface area (Å²) in [6.07, 6.45) is -0.812. The van der Waals surface area contributed by atoms with Gasteiger partial charge in [-0.05, 0) is 50.7 Å². The van der Waals surface area contributed by atoms with Crippen LogP contribution >= 0.6 is 0 Å². The maximum absolute atomic E-state index is 13.3. The highest BCUT2D eigenvalue weighted by atomic mass is 19.4. The third kappa shape index (κ3) is 3.71. The van der Waals surface area contributed by atoms with Gasteiger partial charge in [0.1, 0.15) is 5.82 Å². The minimum Gasteiger partial charge on any atom is -0.383 e. The summed E-state index contributed by atoms with van der Waals surface area (Å²) in [5, 5.41) is 4.67. The molecule has 5 rings (SSSR count). The molecule has 9 heteroatoms. The minimum atomic E-state index is -4.54. The van der Waals surface area contributed by atoms with E-state index < -0.39 is 17.6 Å². The second-order valence-corrected chi connectivity index (χ2v) is 9.27. The Morgan fingerprint density at radius 1 is 1.13 bits per heavy atom. The lowest BCUT2D eigenvalue weighted by Gasteiger charge is -2.33. The lowest BCUT2D eigenvalue weighted by molar-refractivity contribution is -0.137. The number of hydrogen-bond donors (Lipinski definition) is 1. The molecule has 4 atom stereocenters. The van der Waals surface area contributed by atoms with E-state index in [2.05, 4.69) is 28.8 Å². The van der Waals surface area contributed by atoms with Gasteiger partial charge in [0.2, 0.25) is 0 Å². The van der Waals surface area contributed by atoms with E-state index in [0.29, 0.717) is 35.1 Å². The predicted octanol–water partition coefficient (Wildman–Crippen LogP) is 3.95. The van der Waals surface area contributed by atoms with Crippen LogP contribution < -0.4 is 5.73 Å². The van der Waals surface area contributed by atoms with Gasteiger partial charge in [0.05, 0.1) is 24.5 Å². The Morgan fingerprint density at radius 3 is 2.42 bits per heavy atom. The van der Waals surface area contributed by atoms with Gasteiger partial charge in [-0.2, -0.15) is 18.3 Å². The molecule has 0 amide bonds. The van der Waals surface area contributed by atoms with Crippen LogP contribution in [0, 0.1) is 11.8 Å². The molecule has 2 N–H and O–H groups in total. The third-order valence-electron chi connectivity index (χ3n) is 7.10. The van der Waals surface area contributed by atoms with Crippen molar-refractivity contribution in [1.82, 2.24) is 19.7 Å². The highest BCUT2D eigenvalue weighted by Gasteiger charge is 2.58. The highest BCUT2D eigenvalue weighted by Crippen LogP contribution is 2.64. The van der Waals surface area contributed by atoms with Crippen LogP contribution in [0.3, 0.4) is 0 Å². The molecule has 2 aliphatic carbocycles. The van der Waals surface area contributed by atoms with Crippen molar-refractivity contribution in [1.29, 1.82) is 0 Å². The summed E-state index contributed by atoms with van der Waals surface area (Å²) >= 11 is 0. The Labute approximate surface area is 179 Å². The number of aromatic nitrogens is 3. The van der Waals surface area contributed by atoms with Crippen LogP contribution in [0.5, 0.6) is 0 Å². The van der Waals surface area contributed by atoms with Crippen molar-refractivity contribution in [2.24, 2.45) is 11.8 Å². The van der Waals surface area contributed by atoms with Crippen LogP contribution in [0.4, 0.5) is 19.0 Å². The average molecular weight is 435 g/mol. The van der Waals surface area contributed by atoms with Crippen LogP contribution in [-0.2, 0) is 10.9 Å². The first kappa shape index (κ1) is 20.8. The molecule has 6 nitrogen and oxygen atoms in total. The van der Waals surface area contributed by atoms with Gasteiger partial charge in [0, 0.05) is 48.5 Å². The summed E-state index contributed by atoms with van der Waals surface area (Å²) in [7, 11) is 0. The van der Waals surface area contributed by atoms with E-state index in [1.54, 1.807) is 0 Å². The first-order chi connectivity index (χ1) is 14.7. The van der Waals surface area contributed by atoms with Crippen molar-refractivity contribution >= 4 is 5.82 Å². The Kier molecular flexibility index (Phi) is 5.01. The number of nitrogens with zero attached hydrogens (tertiary/aromatic N) is 4. The average Bonchev–Trinajstić information content (AvgIpc) is 3.09. The van der Waals surface area contributed by atoms with Gasteiger partial charge in [0.25, 0.3) is 0 Å². The molecule has 2 aromatic rings. The highest BCUT2D eigenvalue weighted by molar-refractivity contribution is 5.63. The minimum absolute atomic E-state index is 0.129. The van der Waals surface area contributed by atoms with Crippen molar-refractivity contribution in [2.45, 2.75) is 50.9 Å². The van der Waals surface area contributed by atoms with Crippen LogP contribution in [0.15, 0.2) is 18.3 Å². The van der Waals surface area contributed by atoms with E-state index in [1.807, 2.05) is 10.7 Å². The first-order valence-corrected chi connectivity index (χ1v) is 11.0. The molecule has 2 saturated carbocycles. The molecule has 1 aliphatic heterocycles. The normalized spacial score (nSPS) is 28.8. The molecule has 0 bridgehead atoms. The summed E-state index contributed by atoms with van der Waals surface area (Å²) in [6, 6.07) is 3.77. The summed E-state index contributed by atoms with van der Waals surface area (Å²) < 4.78 is 47.3.